The van der Waals surface area contributed by atoms with Crippen LogP contribution in [0.2, 0.25) is 0 Å². The third-order valence-corrected chi connectivity index (χ3v) is 2.42. The van der Waals surface area contributed by atoms with E-state index in [0.717, 1.165) is 0 Å². The second-order valence-corrected chi connectivity index (χ2v) is 3.49. The number of ether oxygens (including phenoxy) is 1. The first-order chi connectivity index (χ1) is 7.61. The van der Waals surface area contributed by atoms with Crippen molar-refractivity contribution in [3.63, 3.8) is 0 Å². The van der Waals surface area contributed by atoms with Crippen LogP contribution in [-0.4, -0.2) is 47.8 Å². The number of nitrogens with zero attached hydrogens (tertiary/aromatic N) is 2. The van der Waals surface area contributed by atoms with E-state index >= 15 is 0 Å². The number of hydrogen-bond donors (Lipinski definition) is 2. The molecular weight excluding hydrogens is 208 g/mol. The molecule has 0 atom stereocenters. The van der Waals surface area contributed by atoms with Crippen LogP contribution in [0.25, 0.3) is 0 Å². The fourth-order valence-corrected chi connectivity index (χ4v) is 1.48. The van der Waals surface area contributed by atoms with Crippen LogP contribution in [-0.2, 0) is 4.74 Å². The van der Waals surface area contributed by atoms with E-state index in [2.05, 4.69) is 10.2 Å². The number of anilines is 1. The van der Waals surface area contributed by atoms with Gasteiger partial charge in [0.05, 0.1) is 6.61 Å². The number of rotatable bonds is 5. The van der Waals surface area contributed by atoms with Crippen molar-refractivity contribution in [3.05, 3.63) is 11.3 Å². The lowest BCUT2D eigenvalue weighted by atomic mass is 10.2. The van der Waals surface area contributed by atoms with Crippen LogP contribution in [0.15, 0.2) is 0 Å². The number of methoxy groups -OCH3 is 1. The Morgan fingerprint density at radius 2 is 2.31 bits per heavy atom. The number of aromatic amines is 1. The average molecular weight is 226 g/mol. The van der Waals surface area contributed by atoms with Gasteiger partial charge in [0.25, 0.3) is 5.91 Å². The lowest BCUT2D eigenvalue weighted by molar-refractivity contribution is 0.0707. The van der Waals surface area contributed by atoms with Crippen molar-refractivity contribution in [2.45, 2.75) is 13.8 Å². The summed E-state index contributed by atoms with van der Waals surface area (Å²) >= 11 is 0. The number of nitrogen functional groups attached to an aromatic ring is 1. The molecule has 0 aliphatic heterocycles. The maximum atomic E-state index is 12.1. The number of likely N-dealkylation sites (N-methyl/N-ethyl adjacent to an activating group) is 1. The number of nitrogens with two attached hydrogens (primary N) is 1. The number of nitrogens with one attached hydrogen (secondary N) is 1. The molecule has 1 aromatic rings. The number of amides is 1. The van der Waals surface area contributed by atoms with Crippen LogP contribution < -0.4 is 5.73 Å². The molecule has 0 aromatic carbocycles. The summed E-state index contributed by atoms with van der Waals surface area (Å²) in [6.45, 7) is 5.37. The predicted molar refractivity (Wildman–Crippen MR) is 61.2 cm³/mol. The van der Waals surface area contributed by atoms with Crippen LogP contribution >= 0.6 is 0 Å². The van der Waals surface area contributed by atoms with E-state index in [1.54, 1.807) is 18.9 Å². The summed E-state index contributed by atoms with van der Waals surface area (Å²) in [7, 11) is 1.61. The number of carbonyl (C=O) groups excluding carboxylic acids is 1. The molecule has 0 radical (unpaired) electrons. The van der Waals surface area contributed by atoms with Gasteiger partial charge in [-0.3, -0.25) is 9.89 Å². The molecule has 1 aromatic heterocycles. The molecule has 6 heteroatoms. The molecule has 0 unspecified atom stereocenters. The van der Waals surface area contributed by atoms with Gasteiger partial charge in [-0.05, 0) is 13.8 Å². The van der Waals surface area contributed by atoms with Gasteiger partial charge < -0.3 is 15.4 Å². The quantitative estimate of drug-likeness (QED) is 0.761. The maximum Gasteiger partial charge on any atom is 0.259 e. The summed E-state index contributed by atoms with van der Waals surface area (Å²) in [5.41, 5.74) is 6.79. The van der Waals surface area contributed by atoms with Crippen molar-refractivity contribution in [3.8, 4) is 0 Å². The Balaban J connectivity index is 2.82. The number of carbonyl (C=O) groups is 1. The minimum absolute atomic E-state index is 0.108. The zero-order chi connectivity index (χ0) is 12.1. The molecule has 0 saturated heterocycles. The molecule has 0 aliphatic carbocycles. The summed E-state index contributed by atoms with van der Waals surface area (Å²) in [4.78, 5) is 13.8. The first-order valence-electron chi connectivity index (χ1n) is 5.20. The van der Waals surface area contributed by atoms with Crippen LogP contribution in [0.3, 0.4) is 0 Å². The van der Waals surface area contributed by atoms with E-state index < -0.39 is 0 Å². The van der Waals surface area contributed by atoms with E-state index in [1.807, 2.05) is 6.92 Å². The molecule has 1 heterocycles. The zero-order valence-corrected chi connectivity index (χ0v) is 9.91. The van der Waals surface area contributed by atoms with Gasteiger partial charge in [0.2, 0.25) is 0 Å². The Morgan fingerprint density at radius 3 is 2.75 bits per heavy atom. The van der Waals surface area contributed by atoms with Crippen molar-refractivity contribution >= 4 is 11.7 Å². The Kier molecular flexibility index (Phi) is 4.30. The molecule has 6 nitrogen and oxygen atoms in total. The van der Waals surface area contributed by atoms with E-state index in [1.165, 1.54) is 0 Å². The van der Waals surface area contributed by atoms with Crippen molar-refractivity contribution < 1.29 is 9.53 Å². The van der Waals surface area contributed by atoms with E-state index in [0.29, 0.717) is 31.0 Å². The van der Waals surface area contributed by atoms with Gasteiger partial charge in [-0.1, -0.05) is 0 Å². The molecule has 16 heavy (non-hydrogen) atoms. The Bertz CT molecular complexity index is 342. The topological polar surface area (TPSA) is 84.2 Å². The summed E-state index contributed by atoms with van der Waals surface area (Å²) in [5, 5.41) is 6.51. The van der Waals surface area contributed by atoms with Crippen molar-refractivity contribution in [1.82, 2.24) is 15.1 Å². The standard InChI is InChI=1S/C10H18N4O2/c1-4-14(5-6-16-3)10(15)8-7(2)12-13-9(8)11/h4-6H2,1-3H3,(H3,11,12,13). The van der Waals surface area contributed by atoms with Crippen LogP contribution in [0.4, 0.5) is 5.82 Å². The fraction of sp³-hybridized carbons (Fsp3) is 0.600. The van der Waals surface area contributed by atoms with Gasteiger partial charge in [-0.25, -0.2) is 0 Å². The summed E-state index contributed by atoms with van der Waals surface area (Å²) in [5.74, 6) is 0.140. The summed E-state index contributed by atoms with van der Waals surface area (Å²) in [6.07, 6.45) is 0. The second-order valence-electron chi connectivity index (χ2n) is 3.49. The van der Waals surface area contributed by atoms with Gasteiger partial charge in [-0.2, -0.15) is 5.10 Å². The predicted octanol–water partition coefficient (Wildman–Crippen LogP) is 0.409. The molecule has 3 N–H and O–H groups in total. The smallest absolute Gasteiger partial charge is 0.259 e. The molecule has 1 amide bonds. The highest BCUT2D eigenvalue weighted by Gasteiger charge is 2.20. The Morgan fingerprint density at radius 1 is 1.62 bits per heavy atom. The highest BCUT2D eigenvalue weighted by Crippen LogP contribution is 2.14. The SMILES string of the molecule is CCN(CCOC)C(=O)c1c(N)n[nH]c1C. The molecule has 90 valence electrons. The van der Waals surface area contributed by atoms with Gasteiger partial charge in [-0.15, -0.1) is 0 Å². The molecule has 0 aliphatic rings. The van der Waals surface area contributed by atoms with Crippen molar-refractivity contribution in [1.29, 1.82) is 0 Å². The second kappa shape index (κ2) is 5.50. The van der Waals surface area contributed by atoms with E-state index in [-0.39, 0.29) is 11.7 Å². The molecule has 0 spiro atoms. The lowest BCUT2D eigenvalue weighted by Crippen LogP contribution is -2.34. The minimum atomic E-state index is -0.108. The maximum absolute atomic E-state index is 12.1. The van der Waals surface area contributed by atoms with Gasteiger partial charge >= 0.3 is 0 Å². The Hall–Kier alpha value is -1.56. The van der Waals surface area contributed by atoms with E-state index in [4.69, 9.17) is 10.5 Å². The van der Waals surface area contributed by atoms with Crippen LogP contribution in [0.1, 0.15) is 23.0 Å². The summed E-state index contributed by atoms with van der Waals surface area (Å²) < 4.78 is 4.95. The summed E-state index contributed by atoms with van der Waals surface area (Å²) in [6, 6.07) is 0. The largest absolute Gasteiger partial charge is 0.383 e. The average Bonchev–Trinajstić information content (AvgIpc) is 2.59. The number of hydrogen-bond acceptors (Lipinski definition) is 4. The third-order valence-electron chi connectivity index (χ3n) is 2.42. The zero-order valence-electron chi connectivity index (χ0n) is 9.91. The molecule has 0 bridgehead atoms. The first-order valence-corrected chi connectivity index (χ1v) is 5.20. The van der Waals surface area contributed by atoms with E-state index in [9.17, 15) is 4.79 Å². The molecule has 0 saturated carbocycles. The normalized spacial score (nSPS) is 10.4. The van der Waals surface area contributed by atoms with Gasteiger partial charge in [0.1, 0.15) is 5.56 Å². The minimum Gasteiger partial charge on any atom is -0.383 e. The van der Waals surface area contributed by atoms with Gasteiger partial charge in [0, 0.05) is 25.9 Å². The van der Waals surface area contributed by atoms with Crippen LogP contribution in [0.5, 0.6) is 0 Å². The first kappa shape index (κ1) is 12.5. The number of aryl methyl sites for hydroxylation is 1. The van der Waals surface area contributed by atoms with Crippen molar-refractivity contribution in [2.75, 3.05) is 32.5 Å². The number of aromatic nitrogens is 2. The number of H-pyrrole nitrogens is 1. The lowest BCUT2D eigenvalue weighted by Gasteiger charge is -2.20. The Labute approximate surface area is 94.8 Å². The monoisotopic (exact) mass is 226 g/mol. The fourth-order valence-electron chi connectivity index (χ4n) is 1.48. The highest BCUT2D eigenvalue weighted by atomic mass is 16.5. The highest BCUT2D eigenvalue weighted by molar-refractivity contribution is 5.99. The third kappa shape index (κ3) is 2.52. The van der Waals surface area contributed by atoms with Gasteiger partial charge in [0.15, 0.2) is 5.82 Å². The molecule has 1 rings (SSSR count). The van der Waals surface area contributed by atoms with Crippen LogP contribution in [0, 0.1) is 6.92 Å². The molecule has 0 fully saturated rings. The van der Waals surface area contributed by atoms with Crippen molar-refractivity contribution in [2.24, 2.45) is 0 Å². The molecular formula is C10H18N4O2.